The molecule has 1 aromatic carbocycles. The van der Waals surface area contributed by atoms with Gasteiger partial charge in [-0.1, -0.05) is 11.6 Å². The van der Waals surface area contributed by atoms with Crippen molar-refractivity contribution in [1.82, 2.24) is 9.55 Å². The number of halogens is 1. The Morgan fingerprint density at radius 3 is 2.71 bits per heavy atom. The number of thiophene rings is 1. The zero-order valence-electron chi connectivity index (χ0n) is 15.3. The average molecular weight is 417 g/mol. The van der Waals surface area contributed by atoms with Gasteiger partial charge in [-0.2, -0.15) is 0 Å². The van der Waals surface area contributed by atoms with Crippen LogP contribution in [0, 0.1) is 6.92 Å². The standard InChI is InChI=1S/C20H17ClN2O4S/c1-10-15-18(22-14-4-3-9-23(14)19(15)25)28-17(10)20(26)27-11(2)16(24)12-5-7-13(21)8-6-12/h5-8,11H,3-4,9H2,1-2H3. The van der Waals surface area contributed by atoms with Gasteiger partial charge in [0.05, 0.1) is 5.39 Å². The summed E-state index contributed by atoms with van der Waals surface area (Å²) in [6.07, 6.45) is 0.698. The minimum Gasteiger partial charge on any atom is -0.450 e. The maximum absolute atomic E-state index is 12.7. The van der Waals surface area contributed by atoms with Crippen molar-refractivity contribution in [2.75, 3.05) is 0 Å². The number of aromatic nitrogens is 2. The number of esters is 1. The maximum atomic E-state index is 12.7. The zero-order chi connectivity index (χ0) is 20.0. The second kappa shape index (κ2) is 7.14. The van der Waals surface area contributed by atoms with Gasteiger partial charge in [0.15, 0.2) is 6.10 Å². The van der Waals surface area contributed by atoms with Crippen LogP contribution in [0.5, 0.6) is 0 Å². The summed E-state index contributed by atoms with van der Waals surface area (Å²) < 4.78 is 7.06. The van der Waals surface area contributed by atoms with Crippen molar-refractivity contribution in [3.63, 3.8) is 0 Å². The number of ketones is 1. The Hall–Kier alpha value is -2.51. The molecule has 1 atom stereocenters. The predicted molar refractivity (Wildman–Crippen MR) is 108 cm³/mol. The van der Waals surface area contributed by atoms with Crippen LogP contribution in [0.1, 0.15) is 44.8 Å². The molecule has 0 spiro atoms. The van der Waals surface area contributed by atoms with Gasteiger partial charge in [0.2, 0.25) is 5.78 Å². The molecule has 0 fully saturated rings. The SMILES string of the molecule is Cc1c(C(=O)OC(C)C(=O)c2ccc(Cl)cc2)sc2nc3n(c(=O)c12)CCC3. The summed E-state index contributed by atoms with van der Waals surface area (Å²) in [7, 11) is 0. The van der Waals surface area contributed by atoms with E-state index in [0.717, 1.165) is 30.0 Å². The first-order valence-corrected chi connectivity index (χ1v) is 10.1. The van der Waals surface area contributed by atoms with E-state index in [1.165, 1.54) is 6.92 Å². The molecule has 144 valence electrons. The summed E-state index contributed by atoms with van der Waals surface area (Å²) in [4.78, 5) is 43.3. The van der Waals surface area contributed by atoms with Crippen molar-refractivity contribution < 1.29 is 14.3 Å². The first-order chi connectivity index (χ1) is 13.4. The van der Waals surface area contributed by atoms with Gasteiger partial charge in [-0.15, -0.1) is 11.3 Å². The van der Waals surface area contributed by atoms with E-state index < -0.39 is 12.1 Å². The van der Waals surface area contributed by atoms with Crippen LogP contribution in [0.4, 0.5) is 0 Å². The number of aryl methyl sites for hydroxylation is 2. The first kappa shape index (κ1) is 18.8. The Labute approximate surface area is 169 Å². The largest absolute Gasteiger partial charge is 0.450 e. The number of ether oxygens (including phenoxy) is 1. The molecule has 4 rings (SSSR count). The van der Waals surface area contributed by atoms with E-state index in [2.05, 4.69) is 4.98 Å². The molecule has 3 aromatic rings. The molecule has 0 amide bonds. The first-order valence-electron chi connectivity index (χ1n) is 8.90. The van der Waals surface area contributed by atoms with Crippen molar-refractivity contribution in [2.24, 2.45) is 0 Å². The Balaban J connectivity index is 1.61. The molecule has 2 aromatic heterocycles. The summed E-state index contributed by atoms with van der Waals surface area (Å²) in [6, 6.07) is 6.40. The number of benzene rings is 1. The highest BCUT2D eigenvalue weighted by Crippen LogP contribution is 2.29. The number of carbonyl (C=O) groups excluding carboxylic acids is 2. The van der Waals surface area contributed by atoms with Crippen LogP contribution < -0.4 is 5.56 Å². The van der Waals surface area contributed by atoms with Gasteiger partial charge in [-0.05, 0) is 50.1 Å². The smallest absolute Gasteiger partial charge is 0.349 e. The lowest BCUT2D eigenvalue weighted by Crippen LogP contribution is -2.24. The minimum atomic E-state index is -0.961. The third-order valence-corrected chi connectivity index (χ3v) is 6.30. The average Bonchev–Trinajstić information content (AvgIpc) is 3.27. The van der Waals surface area contributed by atoms with Crippen LogP contribution in [0.2, 0.25) is 5.02 Å². The summed E-state index contributed by atoms with van der Waals surface area (Å²) in [5.41, 5.74) is 0.848. The third kappa shape index (κ3) is 3.14. The molecule has 0 bridgehead atoms. The van der Waals surface area contributed by atoms with Crippen molar-refractivity contribution in [3.8, 4) is 0 Å². The van der Waals surface area contributed by atoms with E-state index in [0.29, 0.717) is 37.8 Å². The summed E-state index contributed by atoms with van der Waals surface area (Å²) >= 11 is 6.97. The number of hydrogen-bond donors (Lipinski definition) is 0. The molecular weight excluding hydrogens is 400 g/mol. The highest BCUT2D eigenvalue weighted by Gasteiger charge is 2.26. The monoisotopic (exact) mass is 416 g/mol. The number of hydrogen-bond acceptors (Lipinski definition) is 6. The van der Waals surface area contributed by atoms with Crippen LogP contribution in [0.25, 0.3) is 10.2 Å². The fraction of sp³-hybridized carbons (Fsp3) is 0.300. The van der Waals surface area contributed by atoms with Crippen molar-refractivity contribution in [1.29, 1.82) is 0 Å². The molecule has 8 heteroatoms. The van der Waals surface area contributed by atoms with Gasteiger partial charge < -0.3 is 4.74 Å². The van der Waals surface area contributed by atoms with E-state index in [1.807, 2.05) is 0 Å². The Kier molecular flexibility index (Phi) is 4.81. The lowest BCUT2D eigenvalue weighted by Gasteiger charge is -2.12. The second-order valence-corrected chi connectivity index (χ2v) is 8.18. The van der Waals surface area contributed by atoms with E-state index in [-0.39, 0.29) is 11.3 Å². The Bertz CT molecular complexity index is 1160. The number of fused-ring (bicyclic) bond motifs is 2. The number of nitrogens with zero attached hydrogens (tertiary/aromatic N) is 2. The van der Waals surface area contributed by atoms with Gasteiger partial charge in [0, 0.05) is 23.6 Å². The van der Waals surface area contributed by atoms with Crippen molar-refractivity contribution >= 4 is 44.9 Å². The van der Waals surface area contributed by atoms with Gasteiger partial charge >= 0.3 is 5.97 Å². The highest BCUT2D eigenvalue weighted by atomic mass is 35.5. The van der Waals surface area contributed by atoms with Gasteiger partial charge in [0.1, 0.15) is 15.5 Å². The molecule has 0 aliphatic carbocycles. The number of Topliss-reactive ketones (excluding diaryl/α,β-unsaturated/α-hetero) is 1. The van der Waals surface area contributed by atoms with E-state index in [9.17, 15) is 14.4 Å². The number of rotatable bonds is 4. The summed E-state index contributed by atoms with van der Waals surface area (Å²) in [5, 5.41) is 0.979. The van der Waals surface area contributed by atoms with E-state index >= 15 is 0 Å². The fourth-order valence-electron chi connectivity index (χ4n) is 3.39. The minimum absolute atomic E-state index is 0.115. The van der Waals surface area contributed by atoms with Crippen LogP contribution in [-0.2, 0) is 17.7 Å². The molecule has 28 heavy (non-hydrogen) atoms. The second-order valence-electron chi connectivity index (χ2n) is 6.74. The molecule has 3 heterocycles. The van der Waals surface area contributed by atoms with Crippen molar-refractivity contribution in [3.05, 3.63) is 61.5 Å². The topological polar surface area (TPSA) is 78.3 Å². The van der Waals surface area contributed by atoms with Crippen LogP contribution in [0.15, 0.2) is 29.1 Å². The zero-order valence-corrected chi connectivity index (χ0v) is 16.9. The molecule has 0 radical (unpaired) electrons. The van der Waals surface area contributed by atoms with E-state index in [1.54, 1.807) is 35.8 Å². The molecule has 0 saturated heterocycles. The maximum Gasteiger partial charge on any atom is 0.349 e. The third-order valence-electron chi connectivity index (χ3n) is 4.88. The Morgan fingerprint density at radius 2 is 2.00 bits per heavy atom. The fourth-order valence-corrected chi connectivity index (χ4v) is 4.59. The van der Waals surface area contributed by atoms with Crippen LogP contribution in [0.3, 0.4) is 0 Å². The highest BCUT2D eigenvalue weighted by molar-refractivity contribution is 7.20. The molecule has 0 N–H and O–H groups in total. The molecule has 1 unspecified atom stereocenters. The lowest BCUT2D eigenvalue weighted by molar-refractivity contribution is 0.0323. The lowest BCUT2D eigenvalue weighted by atomic mass is 10.1. The Morgan fingerprint density at radius 1 is 1.29 bits per heavy atom. The van der Waals surface area contributed by atoms with Crippen LogP contribution in [-0.4, -0.2) is 27.4 Å². The predicted octanol–water partition coefficient (Wildman–Crippen LogP) is 3.79. The molecule has 6 nitrogen and oxygen atoms in total. The summed E-state index contributed by atoms with van der Waals surface area (Å²) in [6.45, 7) is 3.89. The molecular formula is C20H17ClN2O4S. The molecule has 0 saturated carbocycles. The molecule has 1 aliphatic rings. The normalized spacial score (nSPS) is 14.1. The van der Waals surface area contributed by atoms with Crippen LogP contribution >= 0.6 is 22.9 Å². The quantitative estimate of drug-likeness (QED) is 0.477. The van der Waals surface area contributed by atoms with Gasteiger partial charge in [-0.3, -0.25) is 14.2 Å². The summed E-state index contributed by atoms with van der Waals surface area (Å²) in [5.74, 6) is -0.189. The van der Waals surface area contributed by atoms with Crippen molar-refractivity contribution in [2.45, 2.75) is 39.3 Å². The van der Waals surface area contributed by atoms with Gasteiger partial charge in [0.25, 0.3) is 5.56 Å². The van der Waals surface area contributed by atoms with Gasteiger partial charge in [-0.25, -0.2) is 9.78 Å². The number of carbonyl (C=O) groups is 2. The van der Waals surface area contributed by atoms with E-state index in [4.69, 9.17) is 16.3 Å². The molecule has 1 aliphatic heterocycles.